The van der Waals surface area contributed by atoms with Gasteiger partial charge in [0.2, 0.25) is 0 Å². The van der Waals surface area contributed by atoms with Crippen LogP contribution in [0, 0.1) is 19.8 Å². The van der Waals surface area contributed by atoms with E-state index in [0.717, 1.165) is 18.4 Å². The summed E-state index contributed by atoms with van der Waals surface area (Å²) in [6.07, 6.45) is 1.98. The van der Waals surface area contributed by atoms with Crippen LogP contribution in [0.5, 0.6) is 0 Å². The van der Waals surface area contributed by atoms with E-state index in [1.165, 1.54) is 0 Å². The molecule has 1 fully saturated rings. The molecule has 1 aliphatic rings. The van der Waals surface area contributed by atoms with Crippen LogP contribution in [0.2, 0.25) is 0 Å². The highest BCUT2D eigenvalue weighted by molar-refractivity contribution is 5.95. The predicted octanol–water partition coefficient (Wildman–Crippen LogP) is 2.92. The lowest BCUT2D eigenvalue weighted by Gasteiger charge is -2.29. The zero-order valence-electron chi connectivity index (χ0n) is 12.9. The zero-order chi connectivity index (χ0) is 15.7. The third-order valence-corrected chi connectivity index (χ3v) is 4.33. The van der Waals surface area contributed by atoms with Crippen LogP contribution in [-0.2, 0) is 5.60 Å². The quantitative estimate of drug-likeness (QED) is 0.892. The molecule has 1 atom stereocenters. The summed E-state index contributed by atoms with van der Waals surface area (Å²) in [4.78, 5) is 12.3. The third kappa shape index (κ3) is 2.79. The molecule has 2 N–H and O–H groups in total. The van der Waals surface area contributed by atoms with Gasteiger partial charge in [-0.1, -0.05) is 30.3 Å². The number of amides is 1. The van der Waals surface area contributed by atoms with Gasteiger partial charge in [0, 0.05) is 0 Å². The second-order valence-corrected chi connectivity index (χ2v) is 6.07. The van der Waals surface area contributed by atoms with E-state index in [9.17, 15) is 9.90 Å². The molecule has 22 heavy (non-hydrogen) atoms. The molecule has 2 aromatic rings. The summed E-state index contributed by atoms with van der Waals surface area (Å²) >= 11 is 0. The van der Waals surface area contributed by atoms with Crippen LogP contribution in [-0.4, -0.2) is 17.6 Å². The Hall–Kier alpha value is -2.07. The van der Waals surface area contributed by atoms with Gasteiger partial charge in [-0.3, -0.25) is 4.79 Å². The van der Waals surface area contributed by atoms with Crippen molar-refractivity contribution < 1.29 is 14.3 Å². The molecule has 1 aromatic carbocycles. The molecule has 1 amide bonds. The second kappa shape index (κ2) is 5.61. The average molecular weight is 299 g/mol. The molecule has 4 nitrogen and oxygen atoms in total. The second-order valence-electron chi connectivity index (χ2n) is 6.07. The minimum atomic E-state index is -0.996. The summed E-state index contributed by atoms with van der Waals surface area (Å²) in [5, 5.41) is 13.9. The lowest BCUT2D eigenvalue weighted by atomic mass is 9.88. The van der Waals surface area contributed by atoms with Crippen LogP contribution in [0.3, 0.4) is 0 Å². The summed E-state index contributed by atoms with van der Waals surface area (Å²) < 4.78 is 5.39. The van der Waals surface area contributed by atoms with Crippen molar-refractivity contribution in [2.45, 2.75) is 32.3 Å². The maximum absolute atomic E-state index is 12.3. The number of carbonyl (C=O) groups is 1. The van der Waals surface area contributed by atoms with Crippen LogP contribution in [0.15, 0.2) is 40.8 Å². The first-order valence-corrected chi connectivity index (χ1v) is 7.64. The van der Waals surface area contributed by atoms with Crippen molar-refractivity contribution in [3.63, 3.8) is 0 Å². The van der Waals surface area contributed by atoms with Crippen LogP contribution in [0.4, 0.5) is 0 Å². The zero-order valence-corrected chi connectivity index (χ0v) is 12.9. The minimum absolute atomic E-state index is 0.204. The van der Waals surface area contributed by atoms with Crippen LogP contribution in [0.1, 0.15) is 40.3 Å². The van der Waals surface area contributed by atoms with Crippen molar-refractivity contribution in [2.24, 2.45) is 5.92 Å². The molecule has 4 heteroatoms. The van der Waals surface area contributed by atoms with Gasteiger partial charge in [-0.25, -0.2) is 0 Å². The summed E-state index contributed by atoms with van der Waals surface area (Å²) in [5.41, 5.74) is 0.394. The van der Waals surface area contributed by atoms with Crippen molar-refractivity contribution in [3.8, 4) is 0 Å². The number of aryl methyl sites for hydroxylation is 2. The molecule has 3 rings (SSSR count). The van der Waals surface area contributed by atoms with E-state index >= 15 is 0 Å². The number of hydrogen-bond donors (Lipinski definition) is 2. The van der Waals surface area contributed by atoms with E-state index < -0.39 is 5.60 Å². The first kappa shape index (κ1) is 14.9. The fourth-order valence-corrected chi connectivity index (χ4v) is 2.94. The van der Waals surface area contributed by atoms with Gasteiger partial charge in [0.1, 0.15) is 17.1 Å². The maximum atomic E-state index is 12.3. The average Bonchev–Trinajstić information content (AvgIpc) is 3.31. The lowest BCUT2D eigenvalue weighted by Crippen LogP contribution is -2.42. The maximum Gasteiger partial charge on any atom is 0.254 e. The van der Waals surface area contributed by atoms with Crippen molar-refractivity contribution in [3.05, 3.63) is 59.0 Å². The molecule has 116 valence electrons. The van der Waals surface area contributed by atoms with Gasteiger partial charge >= 0.3 is 0 Å². The van der Waals surface area contributed by atoms with Crippen LogP contribution >= 0.6 is 0 Å². The lowest BCUT2D eigenvalue weighted by molar-refractivity contribution is 0.0135. The van der Waals surface area contributed by atoms with Gasteiger partial charge in [-0.05, 0) is 44.2 Å². The largest absolute Gasteiger partial charge is 0.466 e. The van der Waals surface area contributed by atoms with Gasteiger partial charge in [0.05, 0.1) is 12.1 Å². The van der Waals surface area contributed by atoms with Gasteiger partial charge in [-0.2, -0.15) is 0 Å². The topological polar surface area (TPSA) is 62.5 Å². The summed E-state index contributed by atoms with van der Waals surface area (Å²) in [5.74, 6) is 1.32. The number of aliphatic hydroxyl groups is 1. The molecule has 0 spiro atoms. The molecule has 0 unspecified atom stereocenters. The number of hydrogen-bond acceptors (Lipinski definition) is 3. The van der Waals surface area contributed by atoms with Crippen molar-refractivity contribution in [1.29, 1.82) is 0 Å². The SMILES string of the molecule is Cc1cc(C(=O)NC[C@@](O)(c2ccccc2)C2CC2)c(C)o1. The highest BCUT2D eigenvalue weighted by atomic mass is 16.3. The molecule has 1 aromatic heterocycles. The molecule has 0 bridgehead atoms. The normalized spacial score (nSPS) is 17.0. The fraction of sp³-hybridized carbons (Fsp3) is 0.389. The van der Waals surface area contributed by atoms with Gasteiger partial charge < -0.3 is 14.8 Å². The van der Waals surface area contributed by atoms with Crippen LogP contribution < -0.4 is 5.32 Å². The Kier molecular flexibility index (Phi) is 3.79. The number of rotatable bonds is 5. The minimum Gasteiger partial charge on any atom is -0.466 e. The monoisotopic (exact) mass is 299 g/mol. The van der Waals surface area contributed by atoms with Crippen molar-refractivity contribution in [2.75, 3.05) is 6.54 Å². The molecular formula is C18H21NO3. The highest BCUT2D eigenvalue weighted by Gasteiger charge is 2.45. The molecule has 1 aliphatic carbocycles. The predicted molar refractivity (Wildman–Crippen MR) is 83.6 cm³/mol. The number of carbonyl (C=O) groups excluding carboxylic acids is 1. The standard InChI is InChI=1S/C18H21NO3/c1-12-10-16(13(2)22-12)17(20)19-11-18(21,15-8-9-15)14-6-4-3-5-7-14/h3-7,10,15,21H,8-9,11H2,1-2H3,(H,19,20)/t18-/m1/s1. The molecule has 0 radical (unpaired) electrons. The Morgan fingerprint density at radius 3 is 2.55 bits per heavy atom. The van der Waals surface area contributed by atoms with E-state index in [1.807, 2.05) is 37.3 Å². The Labute approximate surface area is 130 Å². The van der Waals surface area contributed by atoms with Crippen molar-refractivity contribution >= 4 is 5.91 Å². The van der Waals surface area contributed by atoms with E-state index in [1.54, 1.807) is 13.0 Å². The smallest absolute Gasteiger partial charge is 0.254 e. The Morgan fingerprint density at radius 2 is 2.00 bits per heavy atom. The Morgan fingerprint density at radius 1 is 1.32 bits per heavy atom. The summed E-state index contributed by atoms with van der Waals surface area (Å²) in [7, 11) is 0. The van der Waals surface area contributed by atoms with E-state index in [-0.39, 0.29) is 18.4 Å². The van der Waals surface area contributed by atoms with Crippen LogP contribution in [0.25, 0.3) is 0 Å². The molecule has 1 heterocycles. The van der Waals surface area contributed by atoms with E-state index in [4.69, 9.17) is 4.42 Å². The molecule has 0 saturated heterocycles. The Balaban J connectivity index is 1.75. The molecule has 1 saturated carbocycles. The van der Waals surface area contributed by atoms with Gasteiger partial charge in [-0.15, -0.1) is 0 Å². The van der Waals surface area contributed by atoms with Gasteiger partial charge in [0.15, 0.2) is 0 Å². The van der Waals surface area contributed by atoms with Gasteiger partial charge in [0.25, 0.3) is 5.91 Å². The first-order valence-electron chi connectivity index (χ1n) is 7.64. The molecular weight excluding hydrogens is 278 g/mol. The summed E-state index contributed by atoms with van der Waals surface area (Å²) in [6.45, 7) is 3.80. The summed E-state index contributed by atoms with van der Waals surface area (Å²) in [6, 6.07) is 11.3. The molecule has 0 aliphatic heterocycles. The number of nitrogens with one attached hydrogen (secondary N) is 1. The number of benzene rings is 1. The highest BCUT2D eigenvalue weighted by Crippen LogP contribution is 2.45. The van der Waals surface area contributed by atoms with E-state index in [0.29, 0.717) is 17.1 Å². The number of furan rings is 1. The first-order chi connectivity index (χ1) is 10.5. The fourth-order valence-electron chi connectivity index (χ4n) is 2.94. The van der Waals surface area contributed by atoms with E-state index in [2.05, 4.69) is 5.32 Å². The third-order valence-electron chi connectivity index (χ3n) is 4.33. The Bertz CT molecular complexity index is 673. The van der Waals surface area contributed by atoms with Crippen molar-refractivity contribution in [1.82, 2.24) is 5.32 Å².